The van der Waals surface area contributed by atoms with Crippen molar-refractivity contribution >= 4 is 29.4 Å². The first-order chi connectivity index (χ1) is 15.1. The molecule has 2 amide bonds. The number of unbranched alkanes of at least 4 members (excludes halogenated alkanes) is 1. The van der Waals surface area contributed by atoms with Crippen LogP contribution >= 0.6 is 0 Å². The lowest BCUT2D eigenvalue weighted by Gasteiger charge is -2.12. The van der Waals surface area contributed by atoms with E-state index >= 15 is 0 Å². The van der Waals surface area contributed by atoms with Gasteiger partial charge in [-0.2, -0.15) is 0 Å². The number of nitrogens with two attached hydrogens (primary N) is 1. The first-order valence-corrected chi connectivity index (χ1v) is 9.86. The number of imide groups is 1. The van der Waals surface area contributed by atoms with E-state index in [4.69, 9.17) is 10.5 Å². The molecule has 0 aliphatic carbocycles. The number of nitrogens with zero attached hydrogens (tertiary/aromatic N) is 3. The molecule has 0 saturated heterocycles. The van der Waals surface area contributed by atoms with Crippen LogP contribution in [-0.2, 0) is 18.8 Å². The van der Waals surface area contributed by atoms with Crippen molar-refractivity contribution in [2.45, 2.75) is 19.8 Å². The number of nitrogen functional groups attached to an aromatic ring is 1. The van der Waals surface area contributed by atoms with Crippen molar-refractivity contribution in [3.8, 4) is 0 Å². The fraction of sp³-hybridized carbons (Fsp3) is 0.333. The first-order valence-electron chi connectivity index (χ1n) is 9.86. The van der Waals surface area contributed by atoms with Crippen molar-refractivity contribution in [3.05, 3.63) is 61.3 Å². The maximum atomic E-state index is 12.5. The van der Waals surface area contributed by atoms with Gasteiger partial charge in [0.25, 0.3) is 17.4 Å². The van der Waals surface area contributed by atoms with Crippen LogP contribution in [0.1, 0.15) is 61.2 Å². The number of amides is 2. The van der Waals surface area contributed by atoms with Gasteiger partial charge in [0.1, 0.15) is 11.4 Å². The minimum atomic E-state index is -0.923. The molecule has 0 radical (unpaired) electrons. The lowest BCUT2D eigenvalue weighted by Crippen LogP contribution is -2.42. The number of benzene rings is 1. The number of hydrogen-bond acceptors (Lipinski definition) is 8. The molecule has 2 heterocycles. The summed E-state index contributed by atoms with van der Waals surface area (Å²) in [5, 5.41) is 0. The molecule has 0 spiro atoms. The van der Waals surface area contributed by atoms with E-state index in [2.05, 4.69) is 0 Å². The number of Topliss-reactive ketones (excluding diaryl/α,β-unsaturated/α-hetero) is 1. The summed E-state index contributed by atoms with van der Waals surface area (Å²) in [7, 11) is 2.49. The Kier molecular flexibility index (Phi) is 6.10. The molecule has 0 unspecified atom stereocenters. The number of fused-ring (bicyclic) bond motifs is 1. The molecular weight excluding hydrogens is 420 g/mol. The Hall–Kier alpha value is -4.02. The standard InChI is InChI=1S/C21H22N4O7/c1-4-5-8-25-17(27)12-7-6-11(9-13(12)18(25)28)20(30)32-10-14(26)15-16(22)23(2)21(31)24(3)19(15)29/h6-7,9H,4-5,8,10,22H2,1-3H3. The van der Waals surface area contributed by atoms with Crippen molar-refractivity contribution in [3.63, 3.8) is 0 Å². The predicted molar refractivity (Wildman–Crippen MR) is 113 cm³/mol. The van der Waals surface area contributed by atoms with Gasteiger partial charge in [0.05, 0.1) is 16.7 Å². The summed E-state index contributed by atoms with van der Waals surface area (Å²) in [6.07, 6.45) is 1.47. The molecule has 11 heteroatoms. The number of ether oxygens (including phenoxy) is 1. The summed E-state index contributed by atoms with van der Waals surface area (Å²) in [6.45, 7) is 1.42. The molecule has 1 aromatic heterocycles. The van der Waals surface area contributed by atoms with Crippen LogP contribution in [-0.4, -0.2) is 50.8 Å². The molecule has 32 heavy (non-hydrogen) atoms. The Labute approximate surface area is 182 Å². The van der Waals surface area contributed by atoms with Crippen LogP contribution in [0, 0.1) is 0 Å². The molecular formula is C21H22N4O7. The Morgan fingerprint density at radius 2 is 1.66 bits per heavy atom. The fourth-order valence-corrected chi connectivity index (χ4v) is 3.35. The molecule has 11 nitrogen and oxygen atoms in total. The lowest BCUT2D eigenvalue weighted by molar-refractivity contribution is 0.0474. The summed E-state index contributed by atoms with van der Waals surface area (Å²) in [5.41, 5.74) is 3.90. The van der Waals surface area contributed by atoms with E-state index in [0.717, 1.165) is 20.5 Å². The molecule has 2 N–H and O–H groups in total. The minimum Gasteiger partial charge on any atom is -0.454 e. The molecule has 1 aliphatic heterocycles. The Morgan fingerprint density at radius 1 is 1.00 bits per heavy atom. The third-order valence-electron chi connectivity index (χ3n) is 5.26. The summed E-state index contributed by atoms with van der Waals surface area (Å²) in [6, 6.07) is 3.92. The maximum absolute atomic E-state index is 12.5. The largest absolute Gasteiger partial charge is 0.454 e. The summed E-state index contributed by atoms with van der Waals surface area (Å²) < 4.78 is 6.64. The zero-order valence-corrected chi connectivity index (χ0v) is 17.8. The number of hydrogen-bond donors (Lipinski definition) is 1. The monoisotopic (exact) mass is 442 g/mol. The van der Waals surface area contributed by atoms with E-state index in [1.54, 1.807) is 0 Å². The Morgan fingerprint density at radius 3 is 2.31 bits per heavy atom. The van der Waals surface area contributed by atoms with E-state index in [9.17, 15) is 28.8 Å². The number of anilines is 1. The number of ketones is 1. The maximum Gasteiger partial charge on any atom is 0.338 e. The van der Waals surface area contributed by atoms with Crippen LogP contribution < -0.4 is 17.0 Å². The van der Waals surface area contributed by atoms with Gasteiger partial charge in [-0.3, -0.25) is 33.2 Å². The van der Waals surface area contributed by atoms with Crippen LogP contribution in [0.25, 0.3) is 0 Å². The molecule has 0 atom stereocenters. The second kappa shape index (κ2) is 8.61. The number of esters is 1. The highest BCUT2D eigenvalue weighted by Crippen LogP contribution is 2.24. The van der Waals surface area contributed by atoms with Crippen molar-refractivity contribution in [2.75, 3.05) is 18.9 Å². The van der Waals surface area contributed by atoms with Gasteiger partial charge in [0.2, 0.25) is 5.78 Å². The topological polar surface area (TPSA) is 151 Å². The molecule has 0 saturated carbocycles. The van der Waals surface area contributed by atoms with E-state index in [-0.39, 0.29) is 29.1 Å². The van der Waals surface area contributed by atoms with Crippen molar-refractivity contribution in [1.82, 2.24) is 14.0 Å². The van der Waals surface area contributed by atoms with Crippen LogP contribution in [0.4, 0.5) is 5.82 Å². The van der Waals surface area contributed by atoms with Gasteiger partial charge < -0.3 is 10.5 Å². The number of aromatic nitrogens is 2. The SMILES string of the molecule is CCCCN1C(=O)c2ccc(C(=O)OCC(=O)c3c(N)n(C)c(=O)n(C)c3=O)cc2C1=O. The molecule has 0 fully saturated rings. The van der Waals surface area contributed by atoms with Gasteiger partial charge in [0.15, 0.2) is 6.61 Å². The quantitative estimate of drug-likeness (QED) is 0.360. The zero-order chi connectivity index (χ0) is 23.7. The van der Waals surface area contributed by atoms with Gasteiger partial charge in [-0.1, -0.05) is 13.3 Å². The minimum absolute atomic E-state index is 0.0311. The molecule has 1 aliphatic rings. The first kappa shape index (κ1) is 22.7. The normalized spacial score (nSPS) is 12.8. The molecule has 2 aromatic rings. The zero-order valence-electron chi connectivity index (χ0n) is 17.8. The molecule has 0 bridgehead atoms. The second-order valence-corrected chi connectivity index (χ2v) is 7.34. The lowest BCUT2D eigenvalue weighted by atomic mass is 10.1. The van der Waals surface area contributed by atoms with Crippen LogP contribution in [0.15, 0.2) is 27.8 Å². The molecule has 3 rings (SSSR count). The number of carbonyl (C=O) groups excluding carboxylic acids is 4. The smallest absolute Gasteiger partial charge is 0.338 e. The van der Waals surface area contributed by atoms with E-state index in [1.807, 2.05) is 6.92 Å². The van der Waals surface area contributed by atoms with E-state index in [1.165, 1.54) is 32.3 Å². The van der Waals surface area contributed by atoms with Crippen LogP contribution in [0.2, 0.25) is 0 Å². The Bertz CT molecular complexity index is 1270. The van der Waals surface area contributed by atoms with Crippen molar-refractivity contribution in [1.29, 1.82) is 0 Å². The number of carbonyl (C=O) groups is 4. The van der Waals surface area contributed by atoms with E-state index in [0.29, 0.717) is 6.42 Å². The average molecular weight is 442 g/mol. The summed E-state index contributed by atoms with van der Waals surface area (Å²) in [5.74, 6) is -3.06. The molecule has 1 aromatic carbocycles. The third kappa shape index (κ3) is 3.72. The number of rotatable bonds is 7. The summed E-state index contributed by atoms with van der Waals surface area (Å²) >= 11 is 0. The van der Waals surface area contributed by atoms with Crippen LogP contribution in [0.5, 0.6) is 0 Å². The van der Waals surface area contributed by atoms with Gasteiger partial charge in [-0.05, 0) is 24.6 Å². The highest BCUT2D eigenvalue weighted by atomic mass is 16.5. The van der Waals surface area contributed by atoms with Gasteiger partial charge in [-0.15, -0.1) is 0 Å². The second-order valence-electron chi connectivity index (χ2n) is 7.34. The third-order valence-corrected chi connectivity index (χ3v) is 5.26. The highest BCUT2D eigenvalue weighted by Gasteiger charge is 2.35. The predicted octanol–water partition coefficient (Wildman–Crippen LogP) is 0.102. The van der Waals surface area contributed by atoms with Gasteiger partial charge in [0, 0.05) is 20.6 Å². The Balaban J connectivity index is 1.78. The fourth-order valence-electron chi connectivity index (χ4n) is 3.35. The van der Waals surface area contributed by atoms with Crippen molar-refractivity contribution in [2.24, 2.45) is 14.1 Å². The highest BCUT2D eigenvalue weighted by molar-refractivity contribution is 6.22. The van der Waals surface area contributed by atoms with Crippen LogP contribution in [0.3, 0.4) is 0 Å². The summed E-state index contributed by atoms with van der Waals surface area (Å²) in [4.78, 5) is 75.0. The molecule has 168 valence electrons. The van der Waals surface area contributed by atoms with Crippen molar-refractivity contribution < 1.29 is 23.9 Å². The van der Waals surface area contributed by atoms with Gasteiger partial charge in [-0.25, -0.2) is 9.59 Å². The average Bonchev–Trinajstić information content (AvgIpc) is 3.02. The van der Waals surface area contributed by atoms with Gasteiger partial charge >= 0.3 is 11.7 Å². The van der Waals surface area contributed by atoms with E-state index < -0.39 is 47.0 Å².